The van der Waals surface area contributed by atoms with Crippen LogP contribution in [0.5, 0.6) is 0 Å². The van der Waals surface area contributed by atoms with Crippen LogP contribution in [-0.2, 0) is 8.85 Å². The van der Waals surface area contributed by atoms with Crippen LogP contribution in [0.25, 0.3) is 0 Å². The van der Waals surface area contributed by atoms with Gasteiger partial charge in [-0.05, 0) is 13.3 Å². The molecule has 0 saturated carbocycles. The zero-order chi connectivity index (χ0) is 7.98. The minimum atomic E-state index is -1.10. The van der Waals surface area contributed by atoms with E-state index in [9.17, 15) is 0 Å². The fourth-order valence-corrected chi connectivity index (χ4v) is 2.34. The molecule has 0 fully saturated rings. The van der Waals surface area contributed by atoms with Gasteiger partial charge in [-0.1, -0.05) is 6.92 Å². The van der Waals surface area contributed by atoms with Gasteiger partial charge in [-0.3, -0.25) is 0 Å². The van der Waals surface area contributed by atoms with Crippen molar-refractivity contribution in [3.05, 3.63) is 0 Å². The van der Waals surface area contributed by atoms with Gasteiger partial charge in [0.05, 0.1) is 0 Å². The number of hydrogen-bond donors (Lipinski definition) is 1. The molecule has 4 heteroatoms. The molecule has 0 aromatic rings. The Hall–Kier alpha value is 0.487. The lowest BCUT2D eigenvalue weighted by Crippen LogP contribution is -2.32. The first-order valence-electron chi connectivity index (χ1n) is 3.47. The van der Waals surface area contributed by atoms with Gasteiger partial charge in [0.1, 0.15) is 0 Å². The summed E-state index contributed by atoms with van der Waals surface area (Å²) in [6.45, 7) is 4.78. The summed E-state index contributed by atoms with van der Waals surface area (Å²) in [5.74, 6) is 0. The maximum Gasteiger partial charge on any atom is 0.398 e. The van der Waals surface area contributed by atoms with E-state index in [4.69, 9.17) is 8.85 Å². The molecule has 2 nitrogen and oxygen atoms in total. The van der Waals surface area contributed by atoms with Crippen molar-refractivity contribution in [1.82, 2.24) is 0 Å². The second-order valence-corrected chi connectivity index (χ2v) is 5.02. The van der Waals surface area contributed by atoms with Gasteiger partial charge in [-0.15, -0.1) is 0 Å². The highest BCUT2D eigenvalue weighted by atomic mass is 32.1. The fraction of sp³-hybridized carbons (Fsp3) is 1.00. The number of rotatable bonds is 5. The molecule has 0 aliphatic carbocycles. The Kier molecular flexibility index (Phi) is 6.52. The first kappa shape index (κ1) is 10.5. The largest absolute Gasteiger partial charge is 0.398 e. The minimum Gasteiger partial charge on any atom is -0.396 e. The van der Waals surface area contributed by atoms with E-state index >= 15 is 0 Å². The quantitative estimate of drug-likeness (QED) is 0.508. The molecule has 1 unspecified atom stereocenters. The van der Waals surface area contributed by atoms with Crippen LogP contribution in [0, 0.1) is 0 Å². The van der Waals surface area contributed by atoms with Crippen LogP contribution >= 0.6 is 12.6 Å². The molecule has 0 aliphatic heterocycles. The lowest BCUT2D eigenvalue weighted by atomic mass is 10.6. The van der Waals surface area contributed by atoms with Crippen molar-refractivity contribution in [3.8, 4) is 0 Å². The highest BCUT2D eigenvalue weighted by Gasteiger charge is 2.21. The van der Waals surface area contributed by atoms with Crippen LogP contribution in [0.4, 0.5) is 0 Å². The van der Waals surface area contributed by atoms with Crippen molar-refractivity contribution >= 4 is 21.9 Å². The van der Waals surface area contributed by atoms with Crippen LogP contribution in [0.3, 0.4) is 0 Å². The standard InChI is InChI=1S/C6H15O2SSi/c1-4-6(9)10(7-3)8-5-2/h6,9H,4-5H2,1-3H3. The molecule has 10 heavy (non-hydrogen) atoms. The van der Waals surface area contributed by atoms with Crippen molar-refractivity contribution < 1.29 is 8.85 Å². The van der Waals surface area contributed by atoms with Gasteiger partial charge in [0, 0.05) is 18.6 Å². The van der Waals surface area contributed by atoms with Crippen LogP contribution in [0.15, 0.2) is 0 Å². The van der Waals surface area contributed by atoms with Crippen molar-refractivity contribution in [2.75, 3.05) is 13.7 Å². The molecule has 0 N–H and O–H groups in total. The zero-order valence-corrected chi connectivity index (χ0v) is 8.65. The third-order valence-corrected chi connectivity index (χ3v) is 4.07. The molecule has 1 atom stereocenters. The highest BCUT2D eigenvalue weighted by Crippen LogP contribution is 2.06. The SMILES string of the molecule is CCO[Si](OC)C(S)CC. The van der Waals surface area contributed by atoms with Gasteiger partial charge in [-0.2, -0.15) is 12.6 Å². The van der Waals surface area contributed by atoms with Crippen LogP contribution in [0.2, 0.25) is 0 Å². The van der Waals surface area contributed by atoms with E-state index in [-0.39, 0.29) is 4.87 Å². The third kappa shape index (κ3) is 3.61. The molecule has 0 amide bonds. The van der Waals surface area contributed by atoms with E-state index in [1.54, 1.807) is 7.11 Å². The predicted molar refractivity (Wildman–Crippen MR) is 47.5 cm³/mol. The Bertz CT molecular complexity index is 82.1. The summed E-state index contributed by atoms with van der Waals surface area (Å²) in [7, 11) is 0.584. The summed E-state index contributed by atoms with van der Waals surface area (Å²) in [5, 5.41) is 0. The van der Waals surface area contributed by atoms with E-state index in [1.165, 1.54) is 0 Å². The lowest BCUT2D eigenvalue weighted by molar-refractivity contribution is 0.239. The lowest BCUT2D eigenvalue weighted by Gasteiger charge is -2.15. The van der Waals surface area contributed by atoms with Crippen LogP contribution in [-0.4, -0.2) is 27.9 Å². The Morgan fingerprint density at radius 1 is 1.50 bits per heavy atom. The molecule has 0 aromatic carbocycles. The van der Waals surface area contributed by atoms with E-state index in [0.717, 1.165) is 13.0 Å². The summed E-state index contributed by atoms with van der Waals surface area (Å²) in [5.41, 5.74) is 0. The monoisotopic (exact) mass is 179 g/mol. The number of thiol groups is 1. The molecule has 0 aromatic heterocycles. The summed E-state index contributed by atoms with van der Waals surface area (Å²) < 4.78 is 10.5. The van der Waals surface area contributed by atoms with Crippen molar-refractivity contribution in [3.63, 3.8) is 0 Å². The van der Waals surface area contributed by atoms with Crippen LogP contribution in [0.1, 0.15) is 20.3 Å². The Balaban J connectivity index is 3.56. The van der Waals surface area contributed by atoms with Crippen molar-refractivity contribution in [2.24, 2.45) is 0 Å². The second kappa shape index (κ2) is 6.21. The average Bonchev–Trinajstić information content (AvgIpc) is 1.99. The van der Waals surface area contributed by atoms with E-state index in [2.05, 4.69) is 19.6 Å². The van der Waals surface area contributed by atoms with Gasteiger partial charge in [-0.25, -0.2) is 0 Å². The maximum absolute atomic E-state index is 5.35. The molecule has 0 aliphatic rings. The minimum absolute atomic E-state index is 0.287. The molecule has 0 heterocycles. The Labute approximate surface area is 70.2 Å². The van der Waals surface area contributed by atoms with Crippen LogP contribution < -0.4 is 0 Å². The van der Waals surface area contributed by atoms with E-state index in [1.807, 2.05) is 6.92 Å². The van der Waals surface area contributed by atoms with Gasteiger partial charge < -0.3 is 8.85 Å². The molecule has 0 saturated heterocycles. The van der Waals surface area contributed by atoms with E-state index in [0.29, 0.717) is 0 Å². The smallest absolute Gasteiger partial charge is 0.396 e. The average molecular weight is 179 g/mol. The van der Waals surface area contributed by atoms with Gasteiger partial charge in [0.2, 0.25) is 0 Å². The molecular formula is C6H15O2SSi. The normalized spacial score (nSPS) is 14.1. The Morgan fingerprint density at radius 3 is 2.40 bits per heavy atom. The molecule has 1 radical (unpaired) electrons. The van der Waals surface area contributed by atoms with Crippen molar-refractivity contribution in [1.29, 1.82) is 0 Å². The molecular weight excluding hydrogens is 164 g/mol. The predicted octanol–water partition coefficient (Wildman–Crippen LogP) is 1.41. The summed E-state index contributed by atoms with van der Waals surface area (Å²) >= 11 is 4.33. The van der Waals surface area contributed by atoms with Gasteiger partial charge >= 0.3 is 9.28 Å². The molecule has 0 spiro atoms. The second-order valence-electron chi connectivity index (χ2n) is 1.88. The first-order chi connectivity index (χ1) is 4.76. The first-order valence-corrected chi connectivity index (χ1v) is 5.38. The zero-order valence-electron chi connectivity index (χ0n) is 6.76. The van der Waals surface area contributed by atoms with E-state index < -0.39 is 9.28 Å². The molecule has 61 valence electrons. The summed E-state index contributed by atoms with van der Waals surface area (Å²) in [6.07, 6.45) is 1.01. The summed E-state index contributed by atoms with van der Waals surface area (Å²) in [6, 6.07) is 0. The maximum atomic E-state index is 5.35. The third-order valence-electron chi connectivity index (χ3n) is 1.15. The van der Waals surface area contributed by atoms with Gasteiger partial charge in [0.15, 0.2) is 0 Å². The molecule has 0 bridgehead atoms. The summed E-state index contributed by atoms with van der Waals surface area (Å²) in [4.78, 5) is 0.287. The van der Waals surface area contributed by atoms with Crippen molar-refractivity contribution in [2.45, 2.75) is 25.1 Å². The topological polar surface area (TPSA) is 18.5 Å². The fourth-order valence-electron chi connectivity index (χ4n) is 0.600. The molecule has 0 rings (SSSR count). The number of hydrogen-bond acceptors (Lipinski definition) is 3. The highest BCUT2D eigenvalue weighted by molar-refractivity contribution is 7.82. The Morgan fingerprint density at radius 2 is 2.10 bits per heavy atom. The van der Waals surface area contributed by atoms with Gasteiger partial charge in [0.25, 0.3) is 0 Å².